The van der Waals surface area contributed by atoms with Crippen molar-refractivity contribution in [3.05, 3.63) is 16.4 Å². The molecule has 0 aliphatic carbocycles. The van der Waals surface area contributed by atoms with E-state index in [-0.39, 0.29) is 5.92 Å². The maximum atomic E-state index is 10.4. The molecule has 1 rings (SSSR count). The normalized spacial score (nSPS) is 13.1. The standard InChI is InChI=1S/C17H31ClN2O/c1-5-6-7-8-9-10-11-12-14(21)15-16(13(2)3)19-20(4)17(15)18/h13-14,21H,5-12H2,1-4H3. The fourth-order valence-electron chi connectivity index (χ4n) is 2.71. The molecule has 0 aromatic carbocycles. The van der Waals surface area contributed by atoms with Gasteiger partial charge in [0.15, 0.2) is 0 Å². The Morgan fingerprint density at radius 1 is 1.10 bits per heavy atom. The summed E-state index contributed by atoms with van der Waals surface area (Å²) in [5.41, 5.74) is 1.76. The molecule has 3 nitrogen and oxygen atoms in total. The van der Waals surface area contributed by atoms with Crippen molar-refractivity contribution in [2.24, 2.45) is 7.05 Å². The van der Waals surface area contributed by atoms with Crippen LogP contribution in [0.25, 0.3) is 0 Å². The van der Waals surface area contributed by atoms with Gasteiger partial charge in [-0.05, 0) is 12.3 Å². The van der Waals surface area contributed by atoms with Gasteiger partial charge in [-0.2, -0.15) is 5.10 Å². The molecule has 1 heterocycles. The molecular formula is C17H31ClN2O. The molecule has 0 aliphatic heterocycles. The number of aliphatic hydroxyl groups is 1. The fourth-order valence-corrected chi connectivity index (χ4v) is 2.97. The molecule has 4 heteroatoms. The molecule has 0 aliphatic rings. The first-order chi connectivity index (χ1) is 9.99. The van der Waals surface area contributed by atoms with Crippen LogP contribution in [0.15, 0.2) is 0 Å². The zero-order valence-electron chi connectivity index (χ0n) is 14.0. The summed E-state index contributed by atoms with van der Waals surface area (Å²) < 4.78 is 1.67. The lowest BCUT2D eigenvalue weighted by Gasteiger charge is -2.13. The van der Waals surface area contributed by atoms with Gasteiger partial charge in [0.1, 0.15) is 5.15 Å². The van der Waals surface area contributed by atoms with Crippen molar-refractivity contribution in [2.75, 3.05) is 0 Å². The van der Waals surface area contributed by atoms with Gasteiger partial charge in [0.25, 0.3) is 0 Å². The van der Waals surface area contributed by atoms with E-state index in [4.69, 9.17) is 11.6 Å². The molecule has 0 bridgehead atoms. The first kappa shape index (κ1) is 18.5. The van der Waals surface area contributed by atoms with Crippen molar-refractivity contribution in [3.8, 4) is 0 Å². The highest BCUT2D eigenvalue weighted by Gasteiger charge is 2.23. The Morgan fingerprint density at radius 2 is 1.67 bits per heavy atom. The summed E-state index contributed by atoms with van der Waals surface area (Å²) in [6.07, 6.45) is 9.08. The average molecular weight is 315 g/mol. The van der Waals surface area contributed by atoms with E-state index in [1.165, 1.54) is 38.5 Å². The minimum atomic E-state index is -0.487. The van der Waals surface area contributed by atoms with Crippen LogP contribution in [0.3, 0.4) is 0 Å². The highest BCUT2D eigenvalue weighted by atomic mass is 35.5. The van der Waals surface area contributed by atoms with Crippen LogP contribution in [-0.2, 0) is 7.05 Å². The van der Waals surface area contributed by atoms with Crippen LogP contribution in [0.1, 0.15) is 95.4 Å². The van der Waals surface area contributed by atoms with E-state index in [1.807, 2.05) is 7.05 Å². The molecule has 0 spiro atoms. The van der Waals surface area contributed by atoms with Gasteiger partial charge >= 0.3 is 0 Å². The molecule has 0 saturated carbocycles. The van der Waals surface area contributed by atoms with Gasteiger partial charge in [-0.25, -0.2) is 0 Å². The molecular weight excluding hydrogens is 284 g/mol. The van der Waals surface area contributed by atoms with Crippen molar-refractivity contribution in [1.29, 1.82) is 0 Å². The number of nitrogens with zero attached hydrogens (tertiary/aromatic N) is 2. The minimum absolute atomic E-state index is 0.280. The summed E-state index contributed by atoms with van der Waals surface area (Å²) in [5.74, 6) is 0.280. The molecule has 0 saturated heterocycles. The second kappa shape index (κ2) is 9.47. The summed E-state index contributed by atoms with van der Waals surface area (Å²) in [6.45, 7) is 6.41. The van der Waals surface area contributed by atoms with E-state index < -0.39 is 6.10 Å². The second-order valence-corrected chi connectivity index (χ2v) is 6.65. The molecule has 1 unspecified atom stereocenters. The summed E-state index contributed by atoms with van der Waals surface area (Å²) in [4.78, 5) is 0. The number of aryl methyl sites for hydroxylation is 1. The van der Waals surface area contributed by atoms with E-state index in [2.05, 4.69) is 25.9 Å². The molecule has 1 aromatic heterocycles. The summed E-state index contributed by atoms with van der Waals surface area (Å²) in [6, 6.07) is 0. The van der Waals surface area contributed by atoms with E-state index >= 15 is 0 Å². The number of hydrogen-bond donors (Lipinski definition) is 1. The van der Waals surface area contributed by atoms with Crippen molar-refractivity contribution in [3.63, 3.8) is 0 Å². The number of unbranched alkanes of at least 4 members (excludes halogenated alkanes) is 6. The van der Waals surface area contributed by atoms with Gasteiger partial charge in [-0.1, -0.05) is 77.3 Å². The third kappa shape index (κ3) is 5.63. The lowest BCUT2D eigenvalue weighted by Crippen LogP contribution is -2.02. The zero-order chi connectivity index (χ0) is 15.8. The predicted octanol–water partition coefficient (Wildman–Crippen LogP) is 5.37. The van der Waals surface area contributed by atoms with E-state index in [1.54, 1.807) is 4.68 Å². The largest absolute Gasteiger partial charge is 0.388 e. The smallest absolute Gasteiger partial charge is 0.132 e. The van der Waals surface area contributed by atoms with Gasteiger partial charge in [-0.15, -0.1) is 0 Å². The van der Waals surface area contributed by atoms with Crippen molar-refractivity contribution < 1.29 is 5.11 Å². The first-order valence-corrected chi connectivity index (χ1v) is 8.77. The van der Waals surface area contributed by atoms with Gasteiger partial charge < -0.3 is 5.11 Å². The Morgan fingerprint density at radius 3 is 2.24 bits per heavy atom. The third-order valence-corrected chi connectivity index (χ3v) is 4.45. The van der Waals surface area contributed by atoms with Gasteiger partial charge in [-0.3, -0.25) is 4.68 Å². The summed E-state index contributed by atoms with van der Waals surface area (Å²) >= 11 is 6.29. The van der Waals surface area contributed by atoms with Crippen LogP contribution < -0.4 is 0 Å². The zero-order valence-corrected chi connectivity index (χ0v) is 14.8. The molecule has 122 valence electrons. The van der Waals surface area contributed by atoms with Crippen LogP contribution in [0, 0.1) is 0 Å². The van der Waals surface area contributed by atoms with Crippen LogP contribution in [-0.4, -0.2) is 14.9 Å². The van der Waals surface area contributed by atoms with E-state index in [0.29, 0.717) is 5.15 Å². The minimum Gasteiger partial charge on any atom is -0.388 e. The average Bonchev–Trinajstić information content (AvgIpc) is 2.74. The lowest BCUT2D eigenvalue weighted by atomic mass is 9.98. The summed E-state index contributed by atoms with van der Waals surface area (Å²) in [5, 5.41) is 15.5. The second-order valence-electron chi connectivity index (χ2n) is 6.29. The van der Waals surface area contributed by atoms with Crippen molar-refractivity contribution in [1.82, 2.24) is 9.78 Å². The molecule has 1 N–H and O–H groups in total. The van der Waals surface area contributed by atoms with Crippen LogP contribution >= 0.6 is 11.6 Å². The molecule has 1 aromatic rings. The van der Waals surface area contributed by atoms with Crippen LogP contribution in [0.2, 0.25) is 5.15 Å². The van der Waals surface area contributed by atoms with Crippen LogP contribution in [0.5, 0.6) is 0 Å². The molecule has 0 fully saturated rings. The summed E-state index contributed by atoms with van der Waals surface area (Å²) in [7, 11) is 1.83. The third-order valence-electron chi connectivity index (χ3n) is 4.00. The Kier molecular flexibility index (Phi) is 8.35. The Hall–Kier alpha value is -0.540. The monoisotopic (exact) mass is 314 g/mol. The lowest BCUT2D eigenvalue weighted by molar-refractivity contribution is 0.162. The maximum Gasteiger partial charge on any atom is 0.132 e. The molecule has 0 radical (unpaired) electrons. The molecule has 1 atom stereocenters. The fraction of sp³-hybridized carbons (Fsp3) is 0.824. The number of aliphatic hydroxyl groups excluding tert-OH is 1. The first-order valence-electron chi connectivity index (χ1n) is 8.39. The van der Waals surface area contributed by atoms with E-state index in [9.17, 15) is 5.11 Å². The van der Waals surface area contributed by atoms with Gasteiger partial charge in [0, 0.05) is 12.6 Å². The SMILES string of the molecule is CCCCCCCCCC(O)c1c(C(C)C)nn(C)c1Cl. The topological polar surface area (TPSA) is 38.1 Å². The maximum absolute atomic E-state index is 10.4. The highest BCUT2D eigenvalue weighted by molar-refractivity contribution is 6.30. The number of rotatable bonds is 10. The van der Waals surface area contributed by atoms with Crippen LogP contribution in [0.4, 0.5) is 0 Å². The molecule has 0 amide bonds. The molecule has 21 heavy (non-hydrogen) atoms. The quantitative estimate of drug-likeness (QED) is 0.589. The van der Waals surface area contributed by atoms with E-state index in [0.717, 1.165) is 24.1 Å². The Balaban J connectivity index is 2.43. The predicted molar refractivity (Wildman–Crippen MR) is 89.9 cm³/mol. The number of halogens is 1. The van der Waals surface area contributed by atoms with Crippen molar-refractivity contribution in [2.45, 2.75) is 84.2 Å². The van der Waals surface area contributed by atoms with Gasteiger partial charge in [0.05, 0.1) is 11.8 Å². The Bertz CT molecular complexity index is 415. The highest BCUT2D eigenvalue weighted by Crippen LogP contribution is 2.33. The van der Waals surface area contributed by atoms with Crippen molar-refractivity contribution >= 4 is 11.6 Å². The number of hydrogen-bond acceptors (Lipinski definition) is 2. The van der Waals surface area contributed by atoms with Gasteiger partial charge in [0.2, 0.25) is 0 Å². The number of aromatic nitrogens is 2. The Labute approximate surface area is 134 Å².